The van der Waals surface area contributed by atoms with Gasteiger partial charge in [0.2, 0.25) is 0 Å². The Morgan fingerprint density at radius 2 is 0.959 bits per heavy atom. The number of aromatic nitrogens is 4. The Morgan fingerprint density at radius 3 is 1.61 bits per heavy atom. The standard InChI is InChI=1S/C43H26N4S2/c1-4-12-28(13-5-1)40-44-41(29-14-6-2-7-15-29)46-42(45-40)30-22-20-27(21-23-30)31-24-25-36-34(26-31)37-38-39(49-43(37)48-36)33-18-10-11-19-35(33)47(38)32-16-8-3-9-17-32/h1-26H. The van der Waals surface area contributed by atoms with Crippen molar-refractivity contribution in [2.75, 3.05) is 0 Å². The van der Waals surface area contributed by atoms with Gasteiger partial charge < -0.3 is 4.57 Å². The molecule has 0 atom stereocenters. The normalized spacial score (nSPS) is 11.7. The van der Waals surface area contributed by atoms with Crippen molar-refractivity contribution in [2.24, 2.45) is 0 Å². The van der Waals surface area contributed by atoms with Crippen molar-refractivity contribution in [3.05, 3.63) is 158 Å². The first kappa shape index (κ1) is 28.1. The molecule has 0 fully saturated rings. The average Bonchev–Trinajstić information content (AvgIpc) is 3.82. The minimum absolute atomic E-state index is 0.656. The molecule has 0 N–H and O–H groups in total. The first-order chi connectivity index (χ1) is 24.3. The molecule has 0 saturated heterocycles. The molecule has 6 heteroatoms. The van der Waals surface area contributed by atoms with Crippen molar-refractivity contribution in [1.29, 1.82) is 0 Å². The highest BCUT2D eigenvalue weighted by molar-refractivity contribution is 7.45. The predicted octanol–water partition coefficient (Wildman–Crippen LogP) is 12.1. The van der Waals surface area contributed by atoms with Crippen LogP contribution in [0.4, 0.5) is 0 Å². The Balaban J connectivity index is 1.10. The van der Waals surface area contributed by atoms with E-state index in [0.717, 1.165) is 22.3 Å². The van der Waals surface area contributed by atoms with E-state index >= 15 is 0 Å². The molecule has 0 bridgehead atoms. The van der Waals surface area contributed by atoms with Gasteiger partial charge in [-0.05, 0) is 41.5 Å². The average molecular weight is 663 g/mol. The molecule has 6 aromatic carbocycles. The van der Waals surface area contributed by atoms with Gasteiger partial charge in [0.05, 0.1) is 19.7 Å². The topological polar surface area (TPSA) is 43.6 Å². The summed E-state index contributed by atoms with van der Waals surface area (Å²) >= 11 is 3.80. The van der Waals surface area contributed by atoms with Crippen LogP contribution < -0.4 is 0 Å². The van der Waals surface area contributed by atoms with Crippen molar-refractivity contribution in [2.45, 2.75) is 0 Å². The summed E-state index contributed by atoms with van der Waals surface area (Å²) in [4.78, 5) is 14.7. The Labute approximate surface area is 290 Å². The van der Waals surface area contributed by atoms with E-state index in [1.54, 1.807) is 0 Å². The molecular weight excluding hydrogens is 637 g/mol. The second kappa shape index (κ2) is 11.3. The maximum absolute atomic E-state index is 4.92. The van der Waals surface area contributed by atoms with Gasteiger partial charge in [-0.2, -0.15) is 0 Å². The van der Waals surface area contributed by atoms with Crippen LogP contribution in [0.3, 0.4) is 0 Å². The Hall–Kier alpha value is -5.95. The third kappa shape index (κ3) is 4.68. The maximum Gasteiger partial charge on any atom is 0.164 e. The van der Waals surface area contributed by atoms with Gasteiger partial charge in [0.25, 0.3) is 0 Å². The lowest BCUT2D eigenvalue weighted by Gasteiger charge is -2.09. The van der Waals surface area contributed by atoms with Crippen LogP contribution in [0.15, 0.2) is 158 Å². The van der Waals surface area contributed by atoms with Crippen molar-refractivity contribution in [3.63, 3.8) is 0 Å². The van der Waals surface area contributed by atoms with E-state index in [-0.39, 0.29) is 0 Å². The summed E-state index contributed by atoms with van der Waals surface area (Å²) in [5, 5.41) is 3.94. The van der Waals surface area contributed by atoms with E-state index in [4.69, 9.17) is 15.0 Å². The van der Waals surface area contributed by atoms with Crippen LogP contribution in [-0.4, -0.2) is 19.5 Å². The number of nitrogens with zero attached hydrogens (tertiary/aromatic N) is 4. The van der Waals surface area contributed by atoms with Gasteiger partial charge in [-0.25, -0.2) is 15.0 Å². The second-order valence-electron chi connectivity index (χ2n) is 12.1. The molecule has 0 unspecified atom stereocenters. The van der Waals surface area contributed by atoms with Gasteiger partial charge in [0.15, 0.2) is 17.5 Å². The quantitative estimate of drug-likeness (QED) is 0.184. The van der Waals surface area contributed by atoms with E-state index in [1.807, 2.05) is 83.3 Å². The van der Waals surface area contributed by atoms with Gasteiger partial charge in [0, 0.05) is 43.2 Å². The molecule has 0 aliphatic heterocycles. The fourth-order valence-corrected chi connectivity index (χ4v) is 9.45. The van der Waals surface area contributed by atoms with Crippen LogP contribution in [0.2, 0.25) is 0 Å². The van der Waals surface area contributed by atoms with E-state index < -0.39 is 0 Å². The highest BCUT2D eigenvalue weighted by Crippen LogP contribution is 2.49. The highest BCUT2D eigenvalue weighted by Gasteiger charge is 2.21. The van der Waals surface area contributed by atoms with Crippen molar-refractivity contribution < 1.29 is 0 Å². The van der Waals surface area contributed by atoms with Gasteiger partial charge in [0.1, 0.15) is 0 Å². The summed E-state index contributed by atoms with van der Waals surface area (Å²) in [5.74, 6) is 1.98. The van der Waals surface area contributed by atoms with Gasteiger partial charge in [-0.15, -0.1) is 22.7 Å². The zero-order chi connectivity index (χ0) is 32.3. The molecule has 0 aliphatic carbocycles. The lowest BCUT2D eigenvalue weighted by molar-refractivity contribution is 1.07. The van der Waals surface area contributed by atoms with Crippen LogP contribution in [-0.2, 0) is 0 Å². The molecule has 0 amide bonds. The monoisotopic (exact) mass is 662 g/mol. The smallest absolute Gasteiger partial charge is 0.164 e. The molecule has 4 heterocycles. The van der Waals surface area contributed by atoms with Crippen LogP contribution in [0.5, 0.6) is 0 Å². The predicted molar refractivity (Wildman–Crippen MR) is 207 cm³/mol. The first-order valence-corrected chi connectivity index (χ1v) is 17.8. The first-order valence-electron chi connectivity index (χ1n) is 16.2. The highest BCUT2D eigenvalue weighted by atomic mass is 32.2. The lowest BCUT2D eigenvalue weighted by atomic mass is 10.0. The molecule has 10 aromatic rings. The molecule has 10 rings (SSSR count). The fraction of sp³-hybridized carbons (Fsp3) is 0. The molecule has 0 saturated carbocycles. The summed E-state index contributed by atoms with van der Waals surface area (Å²) in [6.07, 6.45) is 0. The minimum atomic E-state index is 0.656. The summed E-state index contributed by atoms with van der Waals surface area (Å²) in [5.41, 5.74) is 8.94. The Bertz CT molecular complexity index is 2740. The van der Waals surface area contributed by atoms with E-state index in [0.29, 0.717) is 17.5 Å². The Morgan fingerprint density at radius 1 is 0.429 bits per heavy atom. The van der Waals surface area contributed by atoms with Crippen molar-refractivity contribution in [3.8, 4) is 51.0 Å². The van der Waals surface area contributed by atoms with E-state index in [9.17, 15) is 0 Å². The molecular formula is C43H26N4S2. The van der Waals surface area contributed by atoms with Crippen LogP contribution in [0.1, 0.15) is 0 Å². The fourth-order valence-electron chi connectivity index (χ4n) is 6.78. The maximum atomic E-state index is 4.92. The van der Waals surface area contributed by atoms with Crippen molar-refractivity contribution >= 4 is 63.3 Å². The molecule has 49 heavy (non-hydrogen) atoms. The van der Waals surface area contributed by atoms with Crippen LogP contribution >= 0.6 is 22.7 Å². The van der Waals surface area contributed by atoms with Gasteiger partial charge in [-0.1, -0.05) is 127 Å². The molecule has 0 spiro atoms. The summed E-state index contributed by atoms with van der Waals surface area (Å²) in [7, 11) is 0. The number of fused-ring (bicyclic) bond motifs is 7. The number of para-hydroxylation sites is 2. The number of hydrogen-bond acceptors (Lipinski definition) is 5. The summed E-state index contributed by atoms with van der Waals surface area (Å²) in [6.45, 7) is 0. The summed E-state index contributed by atoms with van der Waals surface area (Å²) in [6, 6.07) is 55.2. The molecule has 230 valence electrons. The van der Waals surface area contributed by atoms with Gasteiger partial charge >= 0.3 is 0 Å². The van der Waals surface area contributed by atoms with Gasteiger partial charge in [-0.3, -0.25) is 0 Å². The third-order valence-corrected chi connectivity index (χ3v) is 11.6. The zero-order valence-corrected chi connectivity index (χ0v) is 27.7. The lowest BCUT2D eigenvalue weighted by Crippen LogP contribution is -2.00. The minimum Gasteiger partial charge on any atom is -0.308 e. The van der Waals surface area contributed by atoms with Crippen molar-refractivity contribution in [1.82, 2.24) is 19.5 Å². The summed E-state index contributed by atoms with van der Waals surface area (Å²) < 4.78 is 6.46. The number of hydrogen-bond donors (Lipinski definition) is 0. The Kier molecular flexibility index (Phi) is 6.50. The number of thiophene rings is 2. The second-order valence-corrected chi connectivity index (χ2v) is 14.4. The largest absolute Gasteiger partial charge is 0.308 e. The molecule has 0 aliphatic rings. The zero-order valence-electron chi connectivity index (χ0n) is 26.1. The third-order valence-electron chi connectivity index (χ3n) is 9.11. The van der Waals surface area contributed by atoms with Crippen LogP contribution in [0, 0.1) is 0 Å². The molecule has 4 aromatic heterocycles. The SMILES string of the molecule is c1ccc(-c2nc(-c3ccccc3)nc(-c3ccc(-c4ccc5sc6sc7c8ccccc8n(-c8ccccc8)c7c6c5c4)cc3)n2)cc1. The van der Waals surface area contributed by atoms with E-state index in [1.165, 1.54) is 51.9 Å². The number of benzene rings is 6. The molecule has 4 nitrogen and oxygen atoms in total. The molecule has 0 radical (unpaired) electrons. The number of rotatable bonds is 5. The van der Waals surface area contributed by atoms with Crippen LogP contribution in [0.25, 0.3) is 91.6 Å². The van der Waals surface area contributed by atoms with E-state index in [2.05, 4.69) is 102 Å².